The van der Waals surface area contributed by atoms with Gasteiger partial charge < -0.3 is 14.8 Å². The number of aromatic carboxylic acids is 1. The van der Waals surface area contributed by atoms with Crippen molar-refractivity contribution >= 4 is 11.7 Å². The molecule has 1 heterocycles. The maximum atomic E-state index is 10.8. The van der Waals surface area contributed by atoms with Crippen molar-refractivity contribution in [2.45, 2.75) is 26.0 Å². The van der Waals surface area contributed by atoms with Crippen LogP contribution in [0, 0.1) is 10.1 Å². The molecule has 88 valence electrons. The molecule has 1 unspecified atom stereocenters. The van der Waals surface area contributed by atoms with Crippen LogP contribution in [0.3, 0.4) is 0 Å². The Morgan fingerprint density at radius 2 is 2.31 bits per heavy atom. The second kappa shape index (κ2) is 4.75. The zero-order valence-corrected chi connectivity index (χ0v) is 8.66. The first kappa shape index (κ1) is 12.2. The fourth-order valence-corrected chi connectivity index (χ4v) is 1.28. The highest BCUT2D eigenvalue weighted by Gasteiger charge is 2.18. The smallest absolute Gasteiger partial charge is 0.352 e. The van der Waals surface area contributed by atoms with Crippen LogP contribution in [0.4, 0.5) is 5.69 Å². The van der Waals surface area contributed by atoms with Gasteiger partial charge >= 0.3 is 5.97 Å². The summed E-state index contributed by atoms with van der Waals surface area (Å²) < 4.78 is 1.26. The topological polar surface area (TPSA) is 106 Å². The highest BCUT2D eigenvalue weighted by molar-refractivity contribution is 5.86. The molecule has 0 spiro atoms. The van der Waals surface area contributed by atoms with Gasteiger partial charge in [-0.3, -0.25) is 10.1 Å². The molecule has 0 bridgehead atoms. The van der Waals surface area contributed by atoms with E-state index in [1.54, 1.807) is 6.92 Å². The van der Waals surface area contributed by atoms with E-state index >= 15 is 0 Å². The lowest BCUT2D eigenvalue weighted by Gasteiger charge is -2.06. The summed E-state index contributed by atoms with van der Waals surface area (Å²) in [4.78, 5) is 20.6. The van der Waals surface area contributed by atoms with Crippen LogP contribution in [0.25, 0.3) is 0 Å². The third-order valence-electron chi connectivity index (χ3n) is 2.10. The number of aryl methyl sites for hydroxylation is 1. The summed E-state index contributed by atoms with van der Waals surface area (Å²) in [5.41, 5.74) is -0.407. The Morgan fingerprint density at radius 3 is 2.75 bits per heavy atom. The van der Waals surface area contributed by atoms with E-state index in [-0.39, 0.29) is 17.9 Å². The Morgan fingerprint density at radius 1 is 1.69 bits per heavy atom. The zero-order valence-electron chi connectivity index (χ0n) is 8.66. The van der Waals surface area contributed by atoms with Crippen LogP contribution in [0.1, 0.15) is 23.8 Å². The summed E-state index contributed by atoms with van der Waals surface area (Å²) in [6.45, 7) is 1.80. The van der Waals surface area contributed by atoms with Crippen LogP contribution >= 0.6 is 0 Å². The lowest BCUT2D eigenvalue weighted by atomic mass is 10.3. The number of carbonyl (C=O) groups is 1. The number of carboxylic acid groups (broad SMARTS) is 1. The average Bonchev–Trinajstić information content (AvgIpc) is 2.58. The largest absolute Gasteiger partial charge is 0.477 e. The van der Waals surface area contributed by atoms with Crippen LogP contribution in [0.2, 0.25) is 0 Å². The van der Waals surface area contributed by atoms with Gasteiger partial charge in [0.05, 0.1) is 17.2 Å². The molecule has 0 aliphatic rings. The molecular weight excluding hydrogens is 216 g/mol. The van der Waals surface area contributed by atoms with E-state index in [2.05, 4.69) is 0 Å². The van der Waals surface area contributed by atoms with Gasteiger partial charge in [0.15, 0.2) is 0 Å². The number of rotatable bonds is 5. The number of nitrogens with zero attached hydrogens (tertiary/aromatic N) is 2. The third-order valence-corrected chi connectivity index (χ3v) is 2.10. The van der Waals surface area contributed by atoms with E-state index in [0.717, 1.165) is 12.3 Å². The van der Waals surface area contributed by atoms with E-state index in [0.29, 0.717) is 6.42 Å². The molecule has 1 atom stereocenters. The van der Waals surface area contributed by atoms with Crippen LogP contribution in [0.15, 0.2) is 12.3 Å². The van der Waals surface area contributed by atoms with Crippen molar-refractivity contribution in [2.24, 2.45) is 0 Å². The molecule has 7 heteroatoms. The fourth-order valence-electron chi connectivity index (χ4n) is 1.28. The zero-order chi connectivity index (χ0) is 12.3. The minimum atomic E-state index is -1.22. The van der Waals surface area contributed by atoms with Crippen molar-refractivity contribution in [3.05, 3.63) is 28.1 Å². The predicted molar refractivity (Wildman–Crippen MR) is 54.3 cm³/mol. The molecule has 7 nitrogen and oxygen atoms in total. The summed E-state index contributed by atoms with van der Waals surface area (Å²) in [5, 5.41) is 28.4. The summed E-state index contributed by atoms with van der Waals surface area (Å²) in [7, 11) is 0. The fraction of sp³-hybridized carbons (Fsp3) is 0.444. The van der Waals surface area contributed by atoms with Gasteiger partial charge in [-0.05, 0) is 13.3 Å². The van der Waals surface area contributed by atoms with Crippen LogP contribution < -0.4 is 0 Å². The van der Waals surface area contributed by atoms with Crippen LogP contribution in [0.5, 0.6) is 0 Å². The maximum absolute atomic E-state index is 10.8. The monoisotopic (exact) mass is 228 g/mol. The van der Waals surface area contributed by atoms with E-state index in [4.69, 9.17) is 10.2 Å². The third kappa shape index (κ3) is 2.80. The molecule has 0 saturated heterocycles. The van der Waals surface area contributed by atoms with Crippen molar-refractivity contribution in [3.8, 4) is 0 Å². The molecule has 0 aliphatic carbocycles. The standard InChI is InChI=1S/C9H12N2O5/c1-6(12)2-3-10-5-7(11(15)16)4-8(10)9(13)14/h4-6,12H,2-3H2,1H3,(H,13,14). The Balaban J connectivity index is 2.96. The minimum Gasteiger partial charge on any atom is -0.477 e. The van der Waals surface area contributed by atoms with Crippen molar-refractivity contribution in [3.63, 3.8) is 0 Å². The van der Waals surface area contributed by atoms with Crippen molar-refractivity contribution in [1.29, 1.82) is 0 Å². The van der Waals surface area contributed by atoms with Gasteiger partial charge in [0, 0.05) is 12.6 Å². The molecule has 0 fully saturated rings. The molecule has 0 aliphatic heterocycles. The van der Waals surface area contributed by atoms with Gasteiger partial charge in [-0.1, -0.05) is 0 Å². The first-order valence-corrected chi connectivity index (χ1v) is 4.67. The Kier molecular flexibility index (Phi) is 3.62. The SMILES string of the molecule is CC(O)CCn1cc([N+](=O)[O-])cc1C(=O)O. The number of aliphatic hydroxyl groups is 1. The molecule has 0 saturated carbocycles. The van der Waals surface area contributed by atoms with Crippen LogP contribution in [-0.2, 0) is 6.54 Å². The van der Waals surface area contributed by atoms with Crippen molar-refractivity contribution < 1.29 is 19.9 Å². The Labute approximate surface area is 91.1 Å². The number of nitro groups is 1. The highest BCUT2D eigenvalue weighted by atomic mass is 16.6. The molecule has 2 N–H and O–H groups in total. The average molecular weight is 228 g/mol. The summed E-state index contributed by atoms with van der Waals surface area (Å²) >= 11 is 0. The van der Waals surface area contributed by atoms with Crippen LogP contribution in [-0.4, -0.2) is 31.8 Å². The predicted octanol–water partition coefficient (Wildman–Crippen LogP) is 0.865. The Bertz CT molecular complexity index is 410. The lowest BCUT2D eigenvalue weighted by molar-refractivity contribution is -0.384. The molecule has 16 heavy (non-hydrogen) atoms. The van der Waals surface area contributed by atoms with E-state index < -0.39 is 17.0 Å². The quantitative estimate of drug-likeness (QED) is 0.574. The van der Waals surface area contributed by atoms with Gasteiger partial charge in [-0.25, -0.2) is 4.79 Å². The van der Waals surface area contributed by atoms with E-state index in [1.165, 1.54) is 4.57 Å². The summed E-state index contributed by atoms with van der Waals surface area (Å²) in [5.74, 6) is -1.22. The molecule has 0 amide bonds. The first-order valence-electron chi connectivity index (χ1n) is 4.67. The second-order valence-corrected chi connectivity index (χ2v) is 3.48. The number of hydrogen-bond donors (Lipinski definition) is 2. The molecule has 0 radical (unpaired) electrons. The summed E-state index contributed by atoms with van der Waals surface area (Å²) in [6.07, 6.45) is 0.918. The normalized spacial score (nSPS) is 12.4. The van der Waals surface area contributed by atoms with Gasteiger partial charge in [-0.15, -0.1) is 0 Å². The van der Waals surface area contributed by atoms with Gasteiger partial charge in [-0.2, -0.15) is 0 Å². The molecule has 1 rings (SSSR count). The van der Waals surface area contributed by atoms with Crippen molar-refractivity contribution in [1.82, 2.24) is 4.57 Å². The van der Waals surface area contributed by atoms with E-state index in [9.17, 15) is 14.9 Å². The van der Waals surface area contributed by atoms with Gasteiger partial charge in [0.2, 0.25) is 0 Å². The van der Waals surface area contributed by atoms with Gasteiger partial charge in [0.25, 0.3) is 5.69 Å². The van der Waals surface area contributed by atoms with E-state index in [1.807, 2.05) is 0 Å². The molecular formula is C9H12N2O5. The number of aromatic nitrogens is 1. The molecule has 1 aromatic rings. The number of carboxylic acids is 1. The van der Waals surface area contributed by atoms with Crippen molar-refractivity contribution in [2.75, 3.05) is 0 Å². The molecule has 0 aromatic carbocycles. The Hall–Kier alpha value is -1.89. The van der Waals surface area contributed by atoms with Gasteiger partial charge in [0.1, 0.15) is 5.69 Å². The molecule has 1 aromatic heterocycles. The number of hydrogen-bond acceptors (Lipinski definition) is 4. The summed E-state index contributed by atoms with van der Waals surface area (Å²) in [6, 6.07) is 1.00. The lowest BCUT2D eigenvalue weighted by Crippen LogP contribution is -2.11. The first-order chi connectivity index (χ1) is 7.41. The maximum Gasteiger partial charge on any atom is 0.352 e. The number of aliphatic hydroxyl groups excluding tert-OH is 1. The minimum absolute atomic E-state index is 0.146. The second-order valence-electron chi connectivity index (χ2n) is 3.48. The highest BCUT2D eigenvalue weighted by Crippen LogP contribution is 2.17.